The number of hydrogen-bond donors (Lipinski definition) is 2. The number of nitrogens with one attached hydrogen (secondary N) is 1. The lowest BCUT2D eigenvalue weighted by atomic mass is 9.80. The van der Waals surface area contributed by atoms with E-state index in [-0.39, 0.29) is 0 Å². The van der Waals surface area contributed by atoms with E-state index in [1.165, 1.54) is 43.2 Å². The summed E-state index contributed by atoms with van der Waals surface area (Å²) < 4.78 is 0. The predicted octanol–water partition coefficient (Wildman–Crippen LogP) is 2.73. The van der Waals surface area contributed by atoms with E-state index in [9.17, 15) is 0 Å². The number of hydrazine groups is 1. The second kappa shape index (κ2) is 6.12. The van der Waals surface area contributed by atoms with E-state index in [4.69, 9.17) is 5.84 Å². The van der Waals surface area contributed by atoms with Crippen molar-refractivity contribution in [2.24, 2.45) is 11.8 Å². The summed E-state index contributed by atoms with van der Waals surface area (Å²) in [6.07, 6.45) is 11.5. The standard InChI is InChI=1S/C14H23N3/c1-2-11-10-16-9-8-13(11)14(17-15)12-6-4-3-5-7-12/h8-10,12,14,17H,2-7,15H2,1H3. The maximum atomic E-state index is 5.79. The quantitative estimate of drug-likeness (QED) is 0.621. The van der Waals surface area contributed by atoms with Crippen LogP contribution in [-0.4, -0.2) is 4.98 Å². The van der Waals surface area contributed by atoms with Crippen LogP contribution in [0.25, 0.3) is 0 Å². The van der Waals surface area contributed by atoms with Gasteiger partial charge in [-0.1, -0.05) is 26.2 Å². The summed E-state index contributed by atoms with van der Waals surface area (Å²) in [5.41, 5.74) is 5.70. The number of hydrogen-bond acceptors (Lipinski definition) is 3. The molecule has 1 heterocycles. The molecule has 1 unspecified atom stereocenters. The molecule has 0 aromatic carbocycles. The van der Waals surface area contributed by atoms with Crippen molar-refractivity contribution in [1.82, 2.24) is 10.4 Å². The summed E-state index contributed by atoms with van der Waals surface area (Å²) in [5, 5.41) is 0. The molecule has 0 aliphatic heterocycles. The highest BCUT2D eigenvalue weighted by atomic mass is 15.2. The molecule has 0 spiro atoms. The number of pyridine rings is 1. The number of aromatic nitrogens is 1. The van der Waals surface area contributed by atoms with Crippen LogP contribution in [0.2, 0.25) is 0 Å². The zero-order valence-electron chi connectivity index (χ0n) is 10.7. The van der Waals surface area contributed by atoms with Crippen LogP contribution in [0.3, 0.4) is 0 Å². The molecule has 94 valence electrons. The van der Waals surface area contributed by atoms with E-state index >= 15 is 0 Å². The van der Waals surface area contributed by atoms with Crippen LogP contribution in [0.15, 0.2) is 18.5 Å². The van der Waals surface area contributed by atoms with Crippen LogP contribution in [0.4, 0.5) is 0 Å². The molecular formula is C14H23N3. The average Bonchev–Trinajstić information content (AvgIpc) is 2.41. The Hall–Kier alpha value is -0.930. The average molecular weight is 233 g/mol. The van der Waals surface area contributed by atoms with Crippen molar-refractivity contribution in [1.29, 1.82) is 0 Å². The summed E-state index contributed by atoms with van der Waals surface area (Å²) >= 11 is 0. The fourth-order valence-corrected chi connectivity index (χ4v) is 2.98. The third-order valence-corrected chi connectivity index (χ3v) is 3.96. The molecule has 17 heavy (non-hydrogen) atoms. The second-order valence-electron chi connectivity index (χ2n) is 4.97. The lowest BCUT2D eigenvalue weighted by Crippen LogP contribution is -2.35. The third-order valence-electron chi connectivity index (χ3n) is 3.96. The molecule has 1 aliphatic carbocycles. The molecule has 0 bridgehead atoms. The van der Waals surface area contributed by atoms with E-state index in [0.29, 0.717) is 12.0 Å². The molecule has 1 aliphatic rings. The zero-order valence-corrected chi connectivity index (χ0v) is 10.7. The van der Waals surface area contributed by atoms with E-state index in [2.05, 4.69) is 23.4 Å². The molecule has 1 aromatic rings. The van der Waals surface area contributed by atoms with Gasteiger partial charge in [0.25, 0.3) is 0 Å². The first-order valence-corrected chi connectivity index (χ1v) is 6.75. The largest absolute Gasteiger partial charge is 0.271 e. The van der Waals surface area contributed by atoms with E-state index < -0.39 is 0 Å². The fraction of sp³-hybridized carbons (Fsp3) is 0.643. The van der Waals surface area contributed by atoms with Gasteiger partial charge in [-0.05, 0) is 42.4 Å². The molecular weight excluding hydrogens is 210 g/mol. The van der Waals surface area contributed by atoms with Gasteiger partial charge in [0.05, 0.1) is 0 Å². The van der Waals surface area contributed by atoms with Gasteiger partial charge in [-0.2, -0.15) is 0 Å². The molecule has 0 radical (unpaired) electrons. The van der Waals surface area contributed by atoms with Crippen LogP contribution >= 0.6 is 0 Å². The highest BCUT2D eigenvalue weighted by molar-refractivity contribution is 5.27. The lowest BCUT2D eigenvalue weighted by Gasteiger charge is -2.31. The Balaban J connectivity index is 2.21. The van der Waals surface area contributed by atoms with Gasteiger partial charge in [0.2, 0.25) is 0 Å². The minimum absolute atomic E-state index is 0.299. The SMILES string of the molecule is CCc1cnccc1C(NN)C1CCCCC1. The van der Waals surface area contributed by atoms with Crippen molar-refractivity contribution in [2.75, 3.05) is 0 Å². The smallest absolute Gasteiger partial charge is 0.0491 e. The van der Waals surface area contributed by atoms with Crippen molar-refractivity contribution in [2.45, 2.75) is 51.5 Å². The Morgan fingerprint density at radius 1 is 1.41 bits per heavy atom. The van der Waals surface area contributed by atoms with Crippen LogP contribution < -0.4 is 11.3 Å². The van der Waals surface area contributed by atoms with Gasteiger partial charge >= 0.3 is 0 Å². The summed E-state index contributed by atoms with van der Waals surface area (Å²) in [5.74, 6) is 6.47. The van der Waals surface area contributed by atoms with Gasteiger partial charge in [0.1, 0.15) is 0 Å². The highest BCUT2D eigenvalue weighted by Gasteiger charge is 2.25. The molecule has 3 heteroatoms. The third kappa shape index (κ3) is 2.85. The van der Waals surface area contributed by atoms with Crippen molar-refractivity contribution in [3.05, 3.63) is 29.6 Å². The molecule has 1 saturated carbocycles. The molecule has 0 saturated heterocycles. The fourth-order valence-electron chi connectivity index (χ4n) is 2.98. The molecule has 3 N–H and O–H groups in total. The minimum atomic E-state index is 0.299. The first-order valence-electron chi connectivity index (χ1n) is 6.75. The zero-order chi connectivity index (χ0) is 12.1. The van der Waals surface area contributed by atoms with Gasteiger partial charge in [0, 0.05) is 18.4 Å². The Labute approximate surface area is 104 Å². The van der Waals surface area contributed by atoms with Crippen molar-refractivity contribution in [3.63, 3.8) is 0 Å². The van der Waals surface area contributed by atoms with Crippen LogP contribution in [0.5, 0.6) is 0 Å². The van der Waals surface area contributed by atoms with Crippen molar-refractivity contribution >= 4 is 0 Å². The number of nitrogens with zero attached hydrogens (tertiary/aromatic N) is 1. The lowest BCUT2D eigenvalue weighted by molar-refractivity contribution is 0.272. The highest BCUT2D eigenvalue weighted by Crippen LogP contribution is 2.35. The van der Waals surface area contributed by atoms with Gasteiger partial charge in [-0.25, -0.2) is 0 Å². The van der Waals surface area contributed by atoms with Crippen molar-refractivity contribution < 1.29 is 0 Å². The summed E-state index contributed by atoms with van der Waals surface area (Å²) in [7, 11) is 0. The topological polar surface area (TPSA) is 50.9 Å². The molecule has 1 aromatic heterocycles. The number of aryl methyl sites for hydroxylation is 1. The van der Waals surface area contributed by atoms with E-state index in [1.807, 2.05) is 12.4 Å². The predicted molar refractivity (Wildman–Crippen MR) is 70.3 cm³/mol. The van der Waals surface area contributed by atoms with Crippen LogP contribution in [-0.2, 0) is 6.42 Å². The van der Waals surface area contributed by atoms with E-state index in [1.54, 1.807) is 0 Å². The molecule has 3 nitrogen and oxygen atoms in total. The van der Waals surface area contributed by atoms with Crippen LogP contribution in [0, 0.1) is 5.92 Å². The normalized spacial score (nSPS) is 19.2. The summed E-state index contributed by atoms with van der Waals surface area (Å²) in [4.78, 5) is 4.21. The Morgan fingerprint density at radius 3 is 2.82 bits per heavy atom. The summed E-state index contributed by atoms with van der Waals surface area (Å²) in [6, 6.07) is 2.42. The Morgan fingerprint density at radius 2 is 2.18 bits per heavy atom. The number of rotatable bonds is 4. The van der Waals surface area contributed by atoms with Crippen molar-refractivity contribution in [3.8, 4) is 0 Å². The van der Waals surface area contributed by atoms with Gasteiger partial charge in [-0.3, -0.25) is 16.3 Å². The maximum Gasteiger partial charge on any atom is 0.0491 e. The second-order valence-corrected chi connectivity index (χ2v) is 4.97. The van der Waals surface area contributed by atoms with Gasteiger partial charge < -0.3 is 0 Å². The van der Waals surface area contributed by atoms with Crippen LogP contribution in [0.1, 0.15) is 56.2 Å². The van der Waals surface area contributed by atoms with Gasteiger partial charge in [-0.15, -0.1) is 0 Å². The Bertz CT molecular complexity index is 345. The van der Waals surface area contributed by atoms with E-state index in [0.717, 1.165) is 6.42 Å². The Kier molecular flexibility index (Phi) is 4.51. The monoisotopic (exact) mass is 233 g/mol. The molecule has 0 amide bonds. The molecule has 1 fully saturated rings. The maximum absolute atomic E-state index is 5.79. The first-order chi connectivity index (χ1) is 8.36. The van der Waals surface area contributed by atoms with Gasteiger partial charge in [0.15, 0.2) is 0 Å². The molecule has 2 rings (SSSR count). The number of nitrogens with two attached hydrogens (primary N) is 1. The summed E-state index contributed by atoms with van der Waals surface area (Å²) in [6.45, 7) is 2.18. The first kappa shape index (κ1) is 12.5. The minimum Gasteiger partial charge on any atom is -0.271 e. The molecule has 1 atom stereocenters.